The van der Waals surface area contributed by atoms with Crippen LogP contribution < -0.4 is 17.0 Å². The molecule has 1 N–H and O–H groups in total. The Morgan fingerprint density at radius 1 is 1.00 bits per heavy atom. The van der Waals surface area contributed by atoms with Crippen molar-refractivity contribution in [1.29, 1.82) is 0 Å². The maximum absolute atomic E-state index is 9.38. The average Bonchev–Trinajstić information content (AvgIpc) is 1.87. The second-order valence-electron chi connectivity index (χ2n) is 2.04. The van der Waals surface area contributed by atoms with E-state index in [0.717, 1.165) is 19.6 Å². The monoisotopic (exact) mass is 197 g/mol. The number of quaternary nitrogens is 1. The molecule has 0 aromatic heterocycles. The Bertz CT molecular complexity index is 55.8. The van der Waals surface area contributed by atoms with Gasteiger partial charge in [-0.15, -0.1) is 0 Å². The zero-order chi connectivity index (χ0) is 6.62. The molecule has 0 fully saturated rings. The van der Waals surface area contributed by atoms with Gasteiger partial charge in [-0.1, -0.05) is 0 Å². The van der Waals surface area contributed by atoms with E-state index in [9.17, 15) is 5.21 Å². The number of hydrogen-bond donors (Lipinski definition) is 1. The molecule has 0 aliphatic carbocycles. The normalized spacial score (nSPS) is 10.7. The second-order valence-corrected chi connectivity index (χ2v) is 2.04. The van der Waals surface area contributed by atoms with Gasteiger partial charge in [0.25, 0.3) is 0 Å². The van der Waals surface area contributed by atoms with Gasteiger partial charge in [0, 0.05) is 0 Å². The third-order valence-corrected chi connectivity index (χ3v) is 1.77. The predicted octanol–water partition coefficient (Wildman–Crippen LogP) is -1.74. The number of rotatable bonds is 3. The van der Waals surface area contributed by atoms with Gasteiger partial charge in [0.15, 0.2) is 0 Å². The zero-order valence-electron chi connectivity index (χ0n) is 6.39. The second kappa shape index (κ2) is 5.21. The van der Waals surface area contributed by atoms with Crippen molar-refractivity contribution in [3.05, 3.63) is 0 Å². The summed E-state index contributed by atoms with van der Waals surface area (Å²) in [6.07, 6.45) is 0. The van der Waals surface area contributed by atoms with Crippen molar-refractivity contribution in [2.75, 3.05) is 19.6 Å². The van der Waals surface area contributed by atoms with E-state index in [1.54, 1.807) is 0 Å². The highest BCUT2D eigenvalue weighted by atomic mass is 79.9. The van der Waals surface area contributed by atoms with Crippen LogP contribution in [0.4, 0.5) is 0 Å². The van der Waals surface area contributed by atoms with Gasteiger partial charge >= 0.3 is 0 Å². The molecule has 0 saturated carbocycles. The first-order valence-electron chi connectivity index (χ1n) is 3.27. The van der Waals surface area contributed by atoms with Crippen molar-refractivity contribution in [1.82, 2.24) is 0 Å². The molecule has 0 unspecified atom stereocenters. The Labute approximate surface area is 67.8 Å². The largest absolute Gasteiger partial charge is 1.00 e. The Morgan fingerprint density at radius 3 is 1.22 bits per heavy atom. The van der Waals surface area contributed by atoms with Gasteiger partial charge in [0.05, 0.1) is 0 Å². The van der Waals surface area contributed by atoms with E-state index in [0.29, 0.717) is 0 Å². The van der Waals surface area contributed by atoms with Gasteiger partial charge in [-0.05, 0) is 20.8 Å². The van der Waals surface area contributed by atoms with Crippen LogP contribution in [0.15, 0.2) is 0 Å². The van der Waals surface area contributed by atoms with E-state index in [2.05, 4.69) is 0 Å². The average molecular weight is 198 g/mol. The molecule has 0 atom stereocenters. The fraction of sp³-hybridized carbons (Fsp3) is 1.00. The van der Waals surface area contributed by atoms with E-state index in [-0.39, 0.29) is 21.6 Å². The number of hydroxylamine groups is 3. The fourth-order valence-corrected chi connectivity index (χ4v) is 0.671. The molecule has 2 nitrogen and oxygen atoms in total. The number of hydrogen-bond acceptors (Lipinski definition) is 1. The first-order valence-corrected chi connectivity index (χ1v) is 3.27. The van der Waals surface area contributed by atoms with Crippen LogP contribution in [0.5, 0.6) is 0 Å². The van der Waals surface area contributed by atoms with Crippen LogP contribution >= 0.6 is 0 Å². The molecule has 58 valence electrons. The van der Waals surface area contributed by atoms with Crippen LogP contribution in [0.2, 0.25) is 0 Å². The number of halogens is 1. The molecule has 0 amide bonds. The lowest BCUT2D eigenvalue weighted by Gasteiger charge is -2.25. The van der Waals surface area contributed by atoms with Gasteiger partial charge in [-0.25, -0.2) is 5.21 Å². The van der Waals surface area contributed by atoms with Crippen molar-refractivity contribution in [3.63, 3.8) is 0 Å². The molecule has 0 aliphatic heterocycles. The minimum atomic E-state index is 0. The number of nitrogens with zero attached hydrogens (tertiary/aromatic N) is 1. The molecule has 0 aliphatic rings. The van der Waals surface area contributed by atoms with Crippen molar-refractivity contribution in [2.24, 2.45) is 0 Å². The van der Waals surface area contributed by atoms with Gasteiger partial charge in [-0.2, -0.15) is 4.65 Å². The summed E-state index contributed by atoms with van der Waals surface area (Å²) in [7, 11) is 0. The van der Waals surface area contributed by atoms with Crippen molar-refractivity contribution in [3.8, 4) is 0 Å². The highest BCUT2D eigenvalue weighted by Gasteiger charge is 2.15. The third-order valence-electron chi connectivity index (χ3n) is 1.77. The first kappa shape index (κ1) is 12.1. The lowest BCUT2D eigenvalue weighted by atomic mass is 10.5. The molecule has 0 radical (unpaired) electrons. The van der Waals surface area contributed by atoms with E-state index >= 15 is 0 Å². The van der Waals surface area contributed by atoms with Crippen LogP contribution in [0, 0.1) is 0 Å². The lowest BCUT2D eigenvalue weighted by molar-refractivity contribution is -1.10. The van der Waals surface area contributed by atoms with Crippen LogP contribution in [-0.2, 0) is 0 Å². The quantitative estimate of drug-likeness (QED) is 0.421. The predicted molar refractivity (Wildman–Crippen MR) is 33.7 cm³/mol. The standard InChI is InChI=1S/C6H16NO.BrH/c1-4-7(8,5-2)6-3;/h8H,4-6H2,1-3H3;1H/q+1;/p-1. The fourth-order valence-electron chi connectivity index (χ4n) is 0.671. The van der Waals surface area contributed by atoms with Gasteiger partial charge in [-0.3, -0.25) is 0 Å². The summed E-state index contributed by atoms with van der Waals surface area (Å²) in [5.41, 5.74) is 0. The summed E-state index contributed by atoms with van der Waals surface area (Å²) in [5, 5.41) is 9.38. The third kappa shape index (κ3) is 3.89. The summed E-state index contributed by atoms with van der Waals surface area (Å²) < 4.78 is 0.208. The van der Waals surface area contributed by atoms with Crippen LogP contribution in [-0.4, -0.2) is 29.5 Å². The first-order chi connectivity index (χ1) is 3.68. The van der Waals surface area contributed by atoms with E-state index < -0.39 is 0 Å². The van der Waals surface area contributed by atoms with Crippen molar-refractivity contribution in [2.45, 2.75) is 20.8 Å². The molecule has 3 heteroatoms. The molecule has 0 rings (SSSR count). The van der Waals surface area contributed by atoms with Crippen LogP contribution in [0.25, 0.3) is 0 Å². The van der Waals surface area contributed by atoms with Gasteiger partial charge in [0.2, 0.25) is 0 Å². The Kier molecular flexibility index (Phi) is 7.01. The van der Waals surface area contributed by atoms with Gasteiger partial charge < -0.3 is 17.0 Å². The summed E-state index contributed by atoms with van der Waals surface area (Å²) >= 11 is 0. The van der Waals surface area contributed by atoms with Crippen LogP contribution in [0.1, 0.15) is 20.8 Å². The lowest BCUT2D eigenvalue weighted by Crippen LogP contribution is -3.00. The highest BCUT2D eigenvalue weighted by Crippen LogP contribution is 1.97. The Hall–Kier alpha value is 0.400. The molecule has 9 heavy (non-hydrogen) atoms. The van der Waals surface area contributed by atoms with Gasteiger partial charge in [0.1, 0.15) is 19.6 Å². The molecule has 0 saturated heterocycles. The topological polar surface area (TPSA) is 20.2 Å². The van der Waals surface area contributed by atoms with E-state index in [4.69, 9.17) is 0 Å². The highest BCUT2D eigenvalue weighted by molar-refractivity contribution is 4.18. The zero-order valence-corrected chi connectivity index (χ0v) is 7.98. The molecule has 0 bridgehead atoms. The molecule has 0 spiro atoms. The molecular weight excluding hydrogens is 182 g/mol. The van der Waals surface area contributed by atoms with Crippen molar-refractivity contribution < 1.29 is 26.8 Å². The van der Waals surface area contributed by atoms with Crippen LogP contribution in [0.3, 0.4) is 0 Å². The molecule has 0 aromatic carbocycles. The Balaban J connectivity index is 0. The smallest absolute Gasteiger partial charge is 0.106 e. The summed E-state index contributed by atoms with van der Waals surface area (Å²) in [5.74, 6) is 0. The molecule has 0 heterocycles. The maximum Gasteiger partial charge on any atom is 0.106 e. The Morgan fingerprint density at radius 2 is 1.22 bits per heavy atom. The molecule has 0 aromatic rings. The van der Waals surface area contributed by atoms with E-state index in [1.807, 2.05) is 20.8 Å². The maximum atomic E-state index is 9.38. The SMILES string of the molecule is CC[N+](O)(CC)CC.[Br-]. The summed E-state index contributed by atoms with van der Waals surface area (Å²) in [4.78, 5) is 0. The minimum absolute atomic E-state index is 0. The van der Waals surface area contributed by atoms with E-state index in [1.165, 1.54) is 0 Å². The summed E-state index contributed by atoms with van der Waals surface area (Å²) in [6, 6.07) is 0. The van der Waals surface area contributed by atoms with Crippen molar-refractivity contribution >= 4 is 0 Å². The molecular formula is C6H16BrNO. The summed E-state index contributed by atoms with van der Waals surface area (Å²) in [6.45, 7) is 8.42. The minimum Gasteiger partial charge on any atom is -1.00 e.